The number of halogens is 1. The Labute approximate surface area is 365 Å². The molecule has 0 spiro atoms. The molecule has 0 fully saturated rings. The van der Waals surface area contributed by atoms with Crippen molar-refractivity contribution in [3.8, 4) is 0 Å². The molecule has 328 valence electrons. The number of nitrogen functional groups attached to an aromatic ring is 1. The number of nitrogens with zero attached hydrogens (tertiary/aromatic N) is 9. The summed E-state index contributed by atoms with van der Waals surface area (Å²) >= 11 is 5.97. The van der Waals surface area contributed by atoms with Crippen LogP contribution < -0.4 is 43.8 Å². The zero-order chi connectivity index (χ0) is 44.9. The molecule has 0 unspecified atom stereocenters. The highest BCUT2D eigenvalue weighted by atomic mass is 35.5. The maximum absolute atomic E-state index is 11.4. The Bertz CT molecular complexity index is 2410. The van der Waals surface area contributed by atoms with Crippen LogP contribution in [0.25, 0.3) is 0 Å². The van der Waals surface area contributed by atoms with Gasteiger partial charge in [-0.3, -0.25) is 14.5 Å². The summed E-state index contributed by atoms with van der Waals surface area (Å²) in [7, 11) is 0. The molecule has 0 radical (unpaired) electrons. The van der Waals surface area contributed by atoms with Gasteiger partial charge in [-0.05, 0) is 108 Å². The largest absolute Gasteiger partial charge is 0.385 e. The first-order chi connectivity index (χ1) is 29.6. The number of aliphatic imine (C=N–C) groups is 2. The molecule has 3 aliphatic rings. The van der Waals surface area contributed by atoms with E-state index in [4.69, 9.17) is 28.8 Å². The number of amidine groups is 1. The molecule has 0 bridgehead atoms. The van der Waals surface area contributed by atoms with E-state index in [0.717, 1.165) is 58.0 Å². The second-order valence-electron chi connectivity index (χ2n) is 14.9. The minimum absolute atomic E-state index is 0.0448. The van der Waals surface area contributed by atoms with Crippen LogP contribution in [0.1, 0.15) is 69.7 Å². The van der Waals surface area contributed by atoms with Crippen molar-refractivity contribution in [3.63, 3.8) is 0 Å². The first-order valence-corrected chi connectivity index (χ1v) is 20.5. The number of fused-ring (bicyclic) bond motifs is 2. The van der Waals surface area contributed by atoms with E-state index in [-0.39, 0.29) is 23.7 Å². The van der Waals surface area contributed by atoms with Crippen LogP contribution in [-0.2, 0) is 22.4 Å². The maximum atomic E-state index is 11.4. The number of aryl methyl sites for hydroxylation is 4. The number of benzene rings is 2. The summed E-state index contributed by atoms with van der Waals surface area (Å²) in [4.78, 5) is 53.6. The topological polar surface area (TPSA) is 293 Å². The number of H-pyrrole nitrogens is 1. The number of carbonyl (C=O) groups is 2. The predicted octanol–water partition coefficient (Wildman–Crippen LogP) is 5.72. The fourth-order valence-electron chi connectivity index (χ4n) is 6.43. The average Bonchev–Trinajstić information content (AvgIpc) is 3.83. The monoisotopic (exact) mass is 866 g/mol. The van der Waals surface area contributed by atoms with Gasteiger partial charge < -0.3 is 43.8 Å². The van der Waals surface area contributed by atoms with Crippen LogP contribution in [0.2, 0.25) is 5.15 Å². The van der Waals surface area contributed by atoms with E-state index in [1.807, 2.05) is 50.2 Å². The molecule has 20 nitrogen and oxygen atoms in total. The Hall–Kier alpha value is -6.93. The van der Waals surface area contributed by atoms with Gasteiger partial charge in [0.1, 0.15) is 23.4 Å². The van der Waals surface area contributed by atoms with Gasteiger partial charge in [-0.2, -0.15) is 15.0 Å². The highest BCUT2D eigenvalue weighted by Gasteiger charge is 2.17. The molecule has 0 saturated heterocycles. The van der Waals surface area contributed by atoms with Crippen LogP contribution in [0.4, 0.5) is 52.4 Å². The molecule has 3 aromatic heterocycles. The Balaban J connectivity index is 0.000000177. The fraction of sp³-hybridized carbons (Fsp3) is 0.366. The van der Waals surface area contributed by atoms with Crippen molar-refractivity contribution in [2.75, 3.05) is 45.4 Å². The molecule has 12 N–H and O–H groups in total. The lowest BCUT2D eigenvalue weighted by molar-refractivity contribution is -0.117. The summed E-state index contributed by atoms with van der Waals surface area (Å²) in [6.45, 7) is 16.5. The molecular weight excluding hydrogens is 812 g/mol. The van der Waals surface area contributed by atoms with Gasteiger partial charge in [0.15, 0.2) is 0 Å². The Morgan fingerprint density at radius 1 is 0.742 bits per heavy atom. The first-order valence-electron chi connectivity index (χ1n) is 20.1. The van der Waals surface area contributed by atoms with Gasteiger partial charge in [0.2, 0.25) is 41.6 Å². The maximum Gasteiger partial charge on any atom is 0.249 e. The number of aromatic nitrogens is 7. The molecule has 0 saturated carbocycles. The SMILES string of the molecule is CCN(C(C)C)C(C)C.Cc1cnc(Nc2ccc3c(c2)CCC(=O)N3)nc1Cl.Cc1cnc(Nc2ccc3c(c2)CCC(=O)N3)nc1Nc1n[nH]c(N)n1.NC1=NC(N)=NC1. The van der Waals surface area contributed by atoms with E-state index in [1.54, 1.807) is 12.4 Å². The fourth-order valence-corrected chi connectivity index (χ4v) is 6.56. The van der Waals surface area contributed by atoms with Crippen LogP contribution in [0.3, 0.4) is 0 Å². The molecule has 0 aliphatic carbocycles. The second kappa shape index (κ2) is 21.5. The zero-order valence-corrected chi connectivity index (χ0v) is 36.7. The molecule has 8 rings (SSSR count). The summed E-state index contributed by atoms with van der Waals surface area (Å²) in [6, 6.07) is 12.9. The van der Waals surface area contributed by atoms with Gasteiger partial charge in [-0.15, -0.1) is 5.10 Å². The minimum Gasteiger partial charge on any atom is -0.385 e. The predicted molar refractivity (Wildman–Crippen MR) is 247 cm³/mol. The van der Waals surface area contributed by atoms with E-state index in [2.05, 4.69) is 111 Å². The van der Waals surface area contributed by atoms with Gasteiger partial charge in [0.25, 0.3) is 0 Å². The third-order valence-corrected chi connectivity index (χ3v) is 9.86. The molecule has 3 aliphatic heterocycles. The van der Waals surface area contributed by atoms with Crippen molar-refractivity contribution in [2.24, 2.45) is 21.5 Å². The molecule has 21 heteroatoms. The standard InChI is InChI=1S/C16H17N9O.C14H13ClN4O.C8H19N.C3H6N4/c1-8-7-18-15(21-13(8)22-16-23-14(17)24-25-16)19-10-3-4-11-9(6-10)2-5-12(26)20-11;1-8-7-16-14(19-13(8)15)17-10-3-4-11-9(6-10)2-5-12(20)18-11;1-6-9(7(2)3)8(4)5;4-2-1-6-3(5)7-2/h3-4,6-7H,2,5H2,1H3,(H,20,26)(H5,17,18,19,21,22,23,24,25);3-4,6-7H,2,5H2,1H3,(H,18,20)(H,16,17,19);7-8H,6H2,1-5H3;1H2,(H4,4,5,6,7). The lowest BCUT2D eigenvalue weighted by atomic mass is 10.0. The molecule has 5 aromatic rings. The average molecular weight is 867 g/mol. The smallest absolute Gasteiger partial charge is 0.249 e. The lowest BCUT2D eigenvalue weighted by Gasteiger charge is -2.28. The van der Waals surface area contributed by atoms with Crippen LogP contribution in [0, 0.1) is 13.8 Å². The van der Waals surface area contributed by atoms with E-state index in [1.165, 1.54) is 0 Å². The third kappa shape index (κ3) is 13.5. The molecular formula is C41H55ClN18O2. The third-order valence-electron chi connectivity index (χ3n) is 9.48. The van der Waals surface area contributed by atoms with Crippen molar-refractivity contribution in [1.29, 1.82) is 0 Å². The number of nitrogens with two attached hydrogens (primary N) is 3. The number of amides is 2. The Morgan fingerprint density at radius 2 is 1.29 bits per heavy atom. The van der Waals surface area contributed by atoms with Gasteiger partial charge in [-0.25, -0.2) is 25.0 Å². The number of hydrogen-bond donors (Lipinski definition) is 9. The number of carbonyl (C=O) groups excluding carboxylic acids is 2. The summed E-state index contributed by atoms with van der Waals surface area (Å²) in [5.74, 6) is 2.91. The van der Waals surface area contributed by atoms with Gasteiger partial charge in [0, 0.05) is 71.2 Å². The van der Waals surface area contributed by atoms with Crippen LogP contribution in [0.15, 0.2) is 58.8 Å². The lowest BCUT2D eigenvalue weighted by Crippen LogP contribution is -2.36. The number of nitrogens with one attached hydrogen (secondary N) is 6. The van der Waals surface area contributed by atoms with Gasteiger partial charge in [-0.1, -0.05) is 18.5 Å². The van der Waals surface area contributed by atoms with E-state index in [0.29, 0.717) is 72.5 Å². The normalized spacial score (nSPS) is 13.7. The van der Waals surface area contributed by atoms with Crippen molar-refractivity contribution >= 4 is 87.6 Å². The highest BCUT2D eigenvalue weighted by Crippen LogP contribution is 2.29. The number of anilines is 9. The van der Waals surface area contributed by atoms with E-state index >= 15 is 0 Å². The quantitative estimate of drug-likeness (QED) is 0.0801. The zero-order valence-electron chi connectivity index (χ0n) is 36.0. The number of hydrogen-bond acceptors (Lipinski definition) is 17. The minimum atomic E-state index is 0.0448. The van der Waals surface area contributed by atoms with Crippen LogP contribution in [-0.4, -0.2) is 88.8 Å². The molecule has 62 heavy (non-hydrogen) atoms. The van der Waals surface area contributed by atoms with E-state index < -0.39 is 0 Å². The number of aromatic amines is 1. The molecule has 0 atom stereocenters. The van der Waals surface area contributed by atoms with Crippen molar-refractivity contribution in [2.45, 2.75) is 86.2 Å². The van der Waals surface area contributed by atoms with Gasteiger partial charge >= 0.3 is 0 Å². The van der Waals surface area contributed by atoms with Crippen molar-refractivity contribution in [1.82, 2.24) is 40.0 Å². The number of guanidine groups is 1. The summed E-state index contributed by atoms with van der Waals surface area (Å²) < 4.78 is 0. The molecule has 2 amide bonds. The first kappa shape index (κ1) is 46.1. The van der Waals surface area contributed by atoms with Crippen molar-refractivity contribution in [3.05, 3.63) is 76.2 Å². The summed E-state index contributed by atoms with van der Waals surface area (Å²) in [5, 5.41) is 21.9. The summed E-state index contributed by atoms with van der Waals surface area (Å²) in [6.07, 6.45) is 5.84. The van der Waals surface area contributed by atoms with Gasteiger partial charge in [0.05, 0.1) is 0 Å². The van der Waals surface area contributed by atoms with Crippen molar-refractivity contribution < 1.29 is 9.59 Å². The second-order valence-corrected chi connectivity index (χ2v) is 15.3. The number of rotatable bonds is 9. The van der Waals surface area contributed by atoms with E-state index in [9.17, 15) is 9.59 Å². The summed E-state index contributed by atoms with van der Waals surface area (Å²) in [5.41, 5.74) is 23.1. The Kier molecular flexibility index (Phi) is 16.0. The Morgan fingerprint density at radius 3 is 1.71 bits per heavy atom. The van der Waals surface area contributed by atoms with Crippen LogP contribution in [0.5, 0.6) is 0 Å². The molecule has 6 heterocycles. The molecule has 2 aromatic carbocycles. The highest BCUT2D eigenvalue weighted by molar-refractivity contribution is 6.30. The van der Waals surface area contributed by atoms with Crippen LogP contribution >= 0.6 is 11.6 Å².